The zero-order valence-corrected chi connectivity index (χ0v) is 8.22. The van der Waals surface area contributed by atoms with Gasteiger partial charge in [0.1, 0.15) is 5.78 Å². The number of rotatable bonds is 4. The van der Waals surface area contributed by atoms with Crippen molar-refractivity contribution in [3.63, 3.8) is 0 Å². The van der Waals surface area contributed by atoms with Crippen molar-refractivity contribution in [1.82, 2.24) is 0 Å². The molecule has 0 aromatic heterocycles. The average molecular weight is 187 g/mol. The standard InChI is InChI=1S/C9H17NOS/c10-8-2-1-7(5-8)6-9(11)3-4-12/h7-8,12H,1-6,10H2. The molecule has 2 unspecified atom stereocenters. The summed E-state index contributed by atoms with van der Waals surface area (Å²) in [6, 6.07) is 0.346. The predicted molar refractivity (Wildman–Crippen MR) is 53.4 cm³/mol. The highest BCUT2D eigenvalue weighted by molar-refractivity contribution is 7.80. The lowest BCUT2D eigenvalue weighted by Gasteiger charge is -2.06. The van der Waals surface area contributed by atoms with Gasteiger partial charge in [-0.1, -0.05) is 0 Å². The van der Waals surface area contributed by atoms with Crippen LogP contribution in [0.1, 0.15) is 32.1 Å². The van der Waals surface area contributed by atoms with Crippen LogP contribution in [0, 0.1) is 5.92 Å². The molecule has 0 aliphatic heterocycles. The number of Topliss-reactive ketones (excluding diaryl/α,β-unsaturated/α-hetero) is 1. The summed E-state index contributed by atoms with van der Waals surface area (Å²) in [7, 11) is 0. The van der Waals surface area contributed by atoms with Gasteiger partial charge in [-0.05, 0) is 30.9 Å². The van der Waals surface area contributed by atoms with Gasteiger partial charge in [0.05, 0.1) is 0 Å². The van der Waals surface area contributed by atoms with Gasteiger partial charge in [-0.25, -0.2) is 0 Å². The van der Waals surface area contributed by atoms with Crippen LogP contribution in [0.5, 0.6) is 0 Å². The second-order valence-electron chi connectivity index (χ2n) is 3.66. The molecule has 2 atom stereocenters. The van der Waals surface area contributed by atoms with E-state index < -0.39 is 0 Å². The third-order valence-electron chi connectivity index (χ3n) is 2.49. The van der Waals surface area contributed by atoms with Gasteiger partial charge in [-0.15, -0.1) is 0 Å². The Morgan fingerprint density at radius 1 is 1.50 bits per heavy atom. The smallest absolute Gasteiger partial charge is 0.134 e. The quantitative estimate of drug-likeness (QED) is 0.653. The summed E-state index contributed by atoms with van der Waals surface area (Å²) in [6.07, 6.45) is 4.62. The van der Waals surface area contributed by atoms with Crippen LogP contribution < -0.4 is 5.73 Å². The Morgan fingerprint density at radius 2 is 2.25 bits per heavy atom. The number of hydrogen-bond acceptors (Lipinski definition) is 3. The molecule has 0 aromatic carbocycles. The first-order chi connectivity index (χ1) is 5.72. The molecule has 2 nitrogen and oxygen atoms in total. The Hall–Kier alpha value is -0.0200. The molecule has 1 rings (SSSR count). The van der Waals surface area contributed by atoms with E-state index in [0.29, 0.717) is 29.9 Å². The Labute approximate surface area is 79.3 Å². The van der Waals surface area contributed by atoms with Crippen molar-refractivity contribution in [3.8, 4) is 0 Å². The van der Waals surface area contributed by atoms with Crippen LogP contribution in [-0.4, -0.2) is 17.6 Å². The lowest BCUT2D eigenvalue weighted by molar-refractivity contribution is -0.119. The number of carbonyl (C=O) groups is 1. The highest BCUT2D eigenvalue weighted by Crippen LogP contribution is 2.27. The summed E-state index contributed by atoms with van der Waals surface area (Å²) in [5, 5.41) is 0. The van der Waals surface area contributed by atoms with Gasteiger partial charge in [0, 0.05) is 18.9 Å². The number of thiol groups is 1. The van der Waals surface area contributed by atoms with Crippen molar-refractivity contribution < 1.29 is 4.79 Å². The third kappa shape index (κ3) is 3.15. The summed E-state index contributed by atoms with van der Waals surface area (Å²) in [4.78, 5) is 11.2. The molecule has 0 spiro atoms. The summed E-state index contributed by atoms with van der Waals surface area (Å²) in [5.74, 6) is 1.59. The minimum Gasteiger partial charge on any atom is -0.328 e. The molecule has 1 saturated carbocycles. The fraction of sp³-hybridized carbons (Fsp3) is 0.889. The van der Waals surface area contributed by atoms with E-state index in [2.05, 4.69) is 12.6 Å². The highest BCUT2D eigenvalue weighted by atomic mass is 32.1. The van der Waals surface area contributed by atoms with E-state index in [1.807, 2.05) is 0 Å². The van der Waals surface area contributed by atoms with Crippen LogP contribution in [0.2, 0.25) is 0 Å². The Balaban J connectivity index is 2.18. The van der Waals surface area contributed by atoms with Crippen LogP contribution >= 0.6 is 12.6 Å². The van der Waals surface area contributed by atoms with Crippen molar-refractivity contribution in [2.45, 2.75) is 38.1 Å². The van der Waals surface area contributed by atoms with Gasteiger partial charge in [0.2, 0.25) is 0 Å². The van der Waals surface area contributed by atoms with E-state index >= 15 is 0 Å². The van der Waals surface area contributed by atoms with Gasteiger partial charge in [0.25, 0.3) is 0 Å². The summed E-state index contributed by atoms with van der Waals surface area (Å²) < 4.78 is 0. The first kappa shape index (κ1) is 10.1. The van der Waals surface area contributed by atoms with Gasteiger partial charge in [-0.2, -0.15) is 12.6 Å². The van der Waals surface area contributed by atoms with Crippen molar-refractivity contribution in [2.24, 2.45) is 11.7 Å². The lowest BCUT2D eigenvalue weighted by Crippen LogP contribution is -2.15. The molecule has 1 fully saturated rings. The van der Waals surface area contributed by atoms with Gasteiger partial charge in [-0.3, -0.25) is 4.79 Å². The van der Waals surface area contributed by atoms with Crippen molar-refractivity contribution in [2.75, 3.05) is 5.75 Å². The number of nitrogens with two attached hydrogens (primary N) is 1. The van der Waals surface area contributed by atoms with Crippen LogP contribution in [0.4, 0.5) is 0 Å². The van der Waals surface area contributed by atoms with Gasteiger partial charge >= 0.3 is 0 Å². The Morgan fingerprint density at radius 3 is 2.75 bits per heavy atom. The number of ketones is 1. The van der Waals surface area contributed by atoms with Gasteiger partial charge in [0.15, 0.2) is 0 Å². The zero-order chi connectivity index (χ0) is 8.97. The molecule has 0 aromatic rings. The topological polar surface area (TPSA) is 43.1 Å². The maximum Gasteiger partial charge on any atom is 0.134 e. The molecule has 0 amide bonds. The fourth-order valence-electron chi connectivity index (χ4n) is 1.85. The van der Waals surface area contributed by atoms with Crippen molar-refractivity contribution in [3.05, 3.63) is 0 Å². The molecule has 2 N–H and O–H groups in total. The minimum absolute atomic E-state index is 0.346. The maximum absolute atomic E-state index is 11.2. The maximum atomic E-state index is 11.2. The second-order valence-corrected chi connectivity index (χ2v) is 4.10. The normalized spacial score (nSPS) is 29.2. The van der Waals surface area contributed by atoms with E-state index in [0.717, 1.165) is 25.7 Å². The monoisotopic (exact) mass is 187 g/mol. The van der Waals surface area contributed by atoms with Crippen molar-refractivity contribution >= 4 is 18.4 Å². The van der Waals surface area contributed by atoms with Crippen LogP contribution in [-0.2, 0) is 4.79 Å². The van der Waals surface area contributed by atoms with E-state index in [1.165, 1.54) is 0 Å². The van der Waals surface area contributed by atoms with Crippen LogP contribution in [0.15, 0.2) is 0 Å². The Kier molecular flexibility index (Phi) is 4.09. The molecule has 0 heterocycles. The van der Waals surface area contributed by atoms with Gasteiger partial charge < -0.3 is 5.73 Å². The molecule has 3 heteroatoms. The predicted octanol–water partition coefficient (Wildman–Crippen LogP) is 1.39. The first-order valence-electron chi connectivity index (χ1n) is 4.60. The molecular formula is C9H17NOS. The summed E-state index contributed by atoms with van der Waals surface area (Å²) in [6.45, 7) is 0. The molecule has 12 heavy (non-hydrogen) atoms. The SMILES string of the molecule is NC1CCC(CC(=O)CCS)C1. The van der Waals surface area contributed by atoms with Crippen molar-refractivity contribution in [1.29, 1.82) is 0 Å². The average Bonchev–Trinajstić information content (AvgIpc) is 2.36. The molecule has 0 saturated heterocycles. The molecule has 0 bridgehead atoms. The first-order valence-corrected chi connectivity index (χ1v) is 5.23. The highest BCUT2D eigenvalue weighted by Gasteiger charge is 2.23. The molecular weight excluding hydrogens is 170 g/mol. The van der Waals surface area contributed by atoms with E-state index in [-0.39, 0.29) is 0 Å². The van der Waals surface area contributed by atoms with E-state index in [4.69, 9.17) is 5.73 Å². The van der Waals surface area contributed by atoms with E-state index in [1.54, 1.807) is 0 Å². The zero-order valence-electron chi connectivity index (χ0n) is 7.33. The molecule has 70 valence electrons. The summed E-state index contributed by atoms with van der Waals surface area (Å²) in [5.41, 5.74) is 5.75. The van der Waals surface area contributed by atoms with Crippen LogP contribution in [0.25, 0.3) is 0 Å². The largest absolute Gasteiger partial charge is 0.328 e. The molecule has 1 aliphatic carbocycles. The fourth-order valence-corrected chi connectivity index (χ4v) is 2.10. The molecule has 1 aliphatic rings. The Bertz CT molecular complexity index is 161. The number of carbonyl (C=O) groups excluding carboxylic acids is 1. The minimum atomic E-state index is 0.346. The summed E-state index contributed by atoms with van der Waals surface area (Å²) >= 11 is 4.03. The van der Waals surface area contributed by atoms with E-state index in [9.17, 15) is 4.79 Å². The molecule has 0 radical (unpaired) electrons. The second kappa shape index (κ2) is 4.87. The number of hydrogen-bond donors (Lipinski definition) is 2. The lowest BCUT2D eigenvalue weighted by atomic mass is 10.00. The third-order valence-corrected chi connectivity index (χ3v) is 2.71. The van der Waals surface area contributed by atoms with Crippen LogP contribution in [0.3, 0.4) is 0 Å².